The Morgan fingerprint density at radius 1 is 1.07 bits per heavy atom. The summed E-state index contributed by atoms with van der Waals surface area (Å²) in [7, 11) is 0. The molecule has 0 radical (unpaired) electrons. The normalized spacial score (nSPS) is 14.9. The Labute approximate surface area is 166 Å². The smallest absolute Gasteiger partial charge is 0.271 e. The number of nitrogens with zero attached hydrogens (tertiary/aromatic N) is 4. The highest BCUT2D eigenvalue weighted by atomic mass is 35.5. The number of likely N-dealkylation sites (tertiary alicyclic amines) is 1. The Kier molecular flexibility index (Phi) is 5.04. The Hall–Kier alpha value is -2.15. The molecule has 2 heterocycles. The van der Waals surface area contributed by atoms with Crippen LogP contribution in [0, 0.1) is 10.1 Å². The molecular formula is C19H18Cl2N4O2. The zero-order valence-electron chi connectivity index (χ0n) is 14.6. The quantitative estimate of drug-likeness (QED) is 0.448. The largest absolute Gasteiger partial charge is 0.297 e. The molecule has 2 aromatic carbocycles. The van der Waals surface area contributed by atoms with Crippen molar-refractivity contribution < 1.29 is 4.92 Å². The Morgan fingerprint density at radius 2 is 1.78 bits per heavy atom. The minimum absolute atomic E-state index is 0.0432. The van der Waals surface area contributed by atoms with Crippen LogP contribution >= 0.6 is 23.2 Å². The Bertz CT molecular complexity index is 992. The summed E-state index contributed by atoms with van der Waals surface area (Å²) >= 11 is 12.6. The molecule has 1 saturated heterocycles. The number of halogens is 2. The van der Waals surface area contributed by atoms with Crippen LogP contribution in [0.5, 0.6) is 0 Å². The third kappa shape index (κ3) is 3.65. The summed E-state index contributed by atoms with van der Waals surface area (Å²) in [4.78, 5) is 13.2. The molecule has 3 aromatic rings. The highest BCUT2D eigenvalue weighted by molar-refractivity contribution is 6.36. The number of fused-ring (bicyclic) bond motifs is 1. The van der Waals surface area contributed by atoms with E-state index in [0.29, 0.717) is 16.6 Å². The van der Waals surface area contributed by atoms with Gasteiger partial charge in [0.2, 0.25) is 0 Å². The van der Waals surface area contributed by atoms with Gasteiger partial charge in [-0.15, -0.1) is 0 Å². The highest BCUT2D eigenvalue weighted by Gasteiger charge is 2.20. The topological polar surface area (TPSA) is 64.2 Å². The summed E-state index contributed by atoms with van der Waals surface area (Å²) in [6, 6.07) is 10.2. The molecule has 1 fully saturated rings. The number of hydrogen-bond acceptors (Lipinski definition) is 4. The molecule has 8 heteroatoms. The van der Waals surface area contributed by atoms with Crippen LogP contribution in [0.3, 0.4) is 0 Å². The first-order valence-electron chi connectivity index (χ1n) is 8.82. The van der Waals surface area contributed by atoms with Gasteiger partial charge in [-0.25, -0.2) is 0 Å². The van der Waals surface area contributed by atoms with Gasteiger partial charge in [-0.05, 0) is 44.1 Å². The van der Waals surface area contributed by atoms with Crippen molar-refractivity contribution in [2.24, 2.45) is 0 Å². The van der Waals surface area contributed by atoms with Gasteiger partial charge in [0, 0.05) is 39.7 Å². The molecular weight excluding hydrogens is 387 g/mol. The van der Waals surface area contributed by atoms with Crippen molar-refractivity contribution in [1.29, 1.82) is 0 Å². The van der Waals surface area contributed by atoms with E-state index in [1.54, 1.807) is 35.0 Å². The molecule has 0 atom stereocenters. The molecule has 0 unspecified atom stereocenters. The summed E-state index contributed by atoms with van der Waals surface area (Å²) < 4.78 is 1.76. The van der Waals surface area contributed by atoms with Gasteiger partial charge >= 0.3 is 0 Å². The molecule has 0 N–H and O–H groups in total. The van der Waals surface area contributed by atoms with E-state index in [9.17, 15) is 10.1 Å². The third-order valence-corrected chi connectivity index (χ3v) is 5.67. The number of benzene rings is 2. The molecule has 1 aromatic heterocycles. The number of hydrogen-bond donors (Lipinski definition) is 0. The maximum absolute atomic E-state index is 11.2. The number of nitro benzene ring substituents is 1. The fraction of sp³-hybridized carbons (Fsp3) is 0.316. The zero-order valence-corrected chi connectivity index (χ0v) is 16.1. The van der Waals surface area contributed by atoms with Crippen molar-refractivity contribution in [3.05, 3.63) is 67.8 Å². The molecule has 0 bridgehead atoms. The summed E-state index contributed by atoms with van der Waals surface area (Å²) in [6.07, 6.45) is 2.39. The van der Waals surface area contributed by atoms with Gasteiger partial charge in [-0.3, -0.25) is 19.7 Å². The van der Waals surface area contributed by atoms with E-state index in [0.717, 1.165) is 41.8 Å². The number of nitro groups is 1. The maximum Gasteiger partial charge on any atom is 0.271 e. The minimum atomic E-state index is -0.389. The summed E-state index contributed by atoms with van der Waals surface area (Å²) in [6.45, 7) is 3.20. The van der Waals surface area contributed by atoms with Crippen molar-refractivity contribution in [2.45, 2.75) is 25.9 Å². The molecule has 0 saturated carbocycles. The van der Waals surface area contributed by atoms with Crippen molar-refractivity contribution in [1.82, 2.24) is 14.7 Å². The average molecular weight is 405 g/mol. The van der Waals surface area contributed by atoms with E-state index in [-0.39, 0.29) is 10.6 Å². The predicted molar refractivity (Wildman–Crippen MR) is 106 cm³/mol. The lowest BCUT2D eigenvalue weighted by molar-refractivity contribution is -0.384. The molecule has 140 valence electrons. The summed E-state index contributed by atoms with van der Waals surface area (Å²) in [5.41, 5.74) is 2.44. The first-order valence-corrected chi connectivity index (χ1v) is 9.57. The van der Waals surface area contributed by atoms with Crippen LogP contribution in [0.25, 0.3) is 10.9 Å². The molecule has 0 amide bonds. The minimum Gasteiger partial charge on any atom is -0.297 e. The second-order valence-corrected chi connectivity index (χ2v) is 7.56. The SMILES string of the molecule is O=[N+]([O-])c1ccc2c(CN3CCCC3)nn(Cc3c(Cl)cccc3Cl)c2c1. The van der Waals surface area contributed by atoms with Crippen LogP contribution in [0.15, 0.2) is 36.4 Å². The fourth-order valence-corrected chi connectivity index (χ4v) is 4.08. The van der Waals surface area contributed by atoms with Crippen molar-refractivity contribution in [3.8, 4) is 0 Å². The van der Waals surface area contributed by atoms with E-state index in [2.05, 4.69) is 4.90 Å². The lowest BCUT2D eigenvalue weighted by atomic mass is 10.1. The van der Waals surface area contributed by atoms with E-state index in [4.69, 9.17) is 28.3 Å². The lowest BCUT2D eigenvalue weighted by Crippen LogP contribution is -2.19. The van der Waals surface area contributed by atoms with E-state index in [1.807, 2.05) is 0 Å². The second-order valence-electron chi connectivity index (χ2n) is 6.75. The third-order valence-electron chi connectivity index (χ3n) is 4.96. The Balaban J connectivity index is 1.79. The first-order chi connectivity index (χ1) is 13.0. The molecule has 0 spiro atoms. The lowest BCUT2D eigenvalue weighted by Gasteiger charge is -2.12. The maximum atomic E-state index is 11.2. The van der Waals surface area contributed by atoms with Crippen LogP contribution in [-0.2, 0) is 13.1 Å². The zero-order chi connectivity index (χ0) is 19.0. The Morgan fingerprint density at radius 3 is 2.44 bits per heavy atom. The molecule has 27 heavy (non-hydrogen) atoms. The van der Waals surface area contributed by atoms with Gasteiger partial charge in [0.1, 0.15) is 0 Å². The number of aromatic nitrogens is 2. The summed E-state index contributed by atoms with van der Waals surface area (Å²) in [5, 5.41) is 18.0. The van der Waals surface area contributed by atoms with Gasteiger partial charge in [-0.1, -0.05) is 29.3 Å². The predicted octanol–water partition coefficient (Wildman–Crippen LogP) is 4.90. The highest BCUT2D eigenvalue weighted by Crippen LogP contribution is 2.29. The number of rotatable bonds is 5. The van der Waals surface area contributed by atoms with E-state index in [1.165, 1.54) is 18.9 Å². The standard InChI is InChI=1S/C19H18Cl2N4O2/c20-16-4-3-5-17(21)15(16)11-24-19-10-13(25(26)27)6-7-14(19)18(22-24)12-23-8-1-2-9-23/h3-7,10H,1-2,8-9,11-12H2. The van der Waals surface area contributed by atoms with Gasteiger partial charge < -0.3 is 0 Å². The van der Waals surface area contributed by atoms with E-state index >= 15 is 0 Å². The van der Waals surface area contributed by atoms with E-state index < -0.39 is 0 Å². The van der Waals surface area contributed by atoms with Crippen LogP contribution in [0.4, 0.5) is 5.69 Å². The van der Waals surface area contributed by atoms with Crippen LogP contribution < -0.4 is 0 Å². The molecule has 1 aliphatic rings. The van der Waals surface area contributed by atoms with Crippen molar-refractivity contribution >= 4 is 39.8 Å². The van der Waals surface area contributed by atoms with Crippen LogP contribution in [0.2, 0.25) is 10.0 Å². The van der Waals surface area contributed by atoms with Gasteiger partial charge in [0.25, 0.3) is 5.69 Å². The van der Waals surface area contributed by atoms with Crippen LogP contribution in [0.1, 0.15) is 24.1 Å². The second kappa shape index (κ2) is 7.46. The summed E-state index contributed by atoms with van der Waals surface area (Å²) in [5.74, 6) is 0. The average Bonchev–Trinajstić information content (AvgIpc) is 3.27. The van der Waals surface area contributed by atoms with Gasteiger partial charge in [-0.2, -0.15) is 5.10 Å². The van der Waals surface area contributed by atoms with Crippen LogP contribution in [-0.4, -0.2) is 32.7 Å². The molecule has 1 aliphatic heterocycles. The van der Waals surface area contributed by atoms with Crippen molar-refractivity contribution in [2.75, 3.05) is 13.1 Å². The van der Waals surface area contributed by atoms with Gasteiger partial charge in [0.15, 0.2) is 0 Å². The monoisotopic (exact) mass is 404 g/mol. The van der Waals surface area contributed by atoms with Gasteiger partial charge in [0.05, 0.1) is 22.7 Å². The molecule has 4 rings (SSSR count). The fourth-order valence-electron chi connectivity index (χ4n) is 3.57. The number of non-ortho nitro benzene ring substituents is 1. The molecule has 0 aliphatic carbocycles. The van der Waals surface area contributed by atoms with Crippen molar-refractivity contribution in [3.63, 3.8) is 0 Å². The molecule has 6 nitrogen and oxygen atoms in total. The first kappa shape index (κ1) is 18.2.